The standard InChI is InChI=1S/C15H15NO2S/c1-10-4-3-5-12(8-10)19-14-9-11(15(17)18-2)6-7-13(14)16/h3-9H,16H2,1-2H3. The van der Waals surface area contributed by atoms with Crippen LogP contribution in [0.1, 0.15) is 15.9 Å². The van der Waals surface area contributed by atoms with E-state index in [0.717, 1.165) is 9.79 Å². The molecule has 2 aromatic rings. The van der Waals surface area contributed by atoms with E-state index >= 15 is 0 Å². The first kappa shape index (κ1) is 13.5. The van der Waals surface area contributed by atoms with Crippen molar-refractivity contribution in [3.05, 3.63) is 53.6 Å². The Hall–Kier alpha value is -1.94. The number of carbonyl (C=O) groups excluding carboxylic acids is 1. The second-order valence-corrected chi connectivity index (χ2v) is 5.28. The maximum absolute atomic E-state index is 11.5. The molecule has 98 valence electrons. The average Bonchev–Trinajstić information content (AvgIpc) is 2.40. The normalized spacial score (nSPS) is 10.2. The molecule has 2 rings (SSSR count). The number of nitrogen functional groups attached to an aromatic ring is 1. The Morgan fingerprint density at radius 2 is 2.00 bits per heavy atom. The van der Waals surface area contributed by atoms with Crippen molar-refractivity contribution in [3.63, 3.8) is 0 Å². The molecular weight excluding hydrogens is 258 g/mol. The molecule has 0 aliphatic rings. The van der Waals surface area contributed by atoms with Crippen molar-refractivity contribution >= 4 is 23.4 Å². The number of hydrogen-bond donors (Lipinski definition) is 1. The third-order valence-corrected chi connectivity index (χ3v) is 3.72. The fourth-order valence-electron chi connectivity index (χ4n) is 1.67. The second-order valence-electron chi connectivity index (χ2n) is 4.16. The van der Waals surface area contributed by atoms with E-state index in [4.69, 9.17) is 10.5 Å². The van der Waals surface area contributed by atoms with Gasteiger partial charge in [-0.2, -0.15) is 0 Å². The van der Waals surface area contributed by atoms with Crippen LogP contribution in [-0.4, -0.2) is 13.1 Å². The van der Waals surface area contributed by atoms with Crippen molar-refractivity contribution in [1.29, 1.82) is 0 Å². The van der Waals surface area contributed by atoms with E-state index < -0.39 is 0 Å². The van der Waals surface area contributed by atoms with Gasteiger partial charge in [0.1, 0.15) is 0 Å². The Bertz CT molecular complexity index is 611. The quantitative estimate of drug-likeness (QED) is 0.686. The van der Waals surface area contributed by atoms with Gasteiger partial charge in [-0.05, 0) is 37.3 Å². The van der Waals surface area contributed by atoms with E-state index in [1.54, 1.807) is 18.2 Å². The van der Waals surface area contributed by atoms with Crippen LogP contribution in [0, 0.1) is 6.92 Å². The van der Waals surface area contributed by atoms with Crippen LogP contribution in [0.4, 0.5) is 5.69 Å². The Labute approximate surface area is 116 Å². The smallest absolute Gasteiger partial charge is 0.337 e. The maximum atomic E-state index is 11.5. The number of ether oxygens (including phenoxy) is 1. The van der Waals surface area contributed by atoms with Gasteiger partial charge in [0.05, 0.1) is 12.7 Å². The molecule has 4 heteroatoms. The lowest BCUT2D eigenvalue weighted by atomic mass is 10.2. The molecule has 0 aliphatic carbocycles. The number of rotatable bonds is 3. The van der Waals surface area contributed by atoms with Crippen LogP contribution in [0.3, 0.4) is 0 Å². The molecule has 0 heterocycles. The summed E-state index contributed by atoms with van der Waals surface area (Å²) in [5, 5.41) is 0. The van der Waals surface area contributed by atoms with Gasteiger partial charge in [-0.25, -0.2) is 4.79 Å². The molecule has 0 saturated heterocycles. The van der Waals surface area contributed by atoms with Gasteiger partial charge in [0.25, 0.3) is 0 Å². The van der Waals surface area contributed by atoms with Gasteiger partial charge in [0.2, 0.25) is 0 Å². The highest BCUT2D eigenvalue weighted by molar-refractivity contribution is 7.99. The van der Waals surface area contributed by atoms with Gasteiger partial charge in [-0.15, -0.1) is 0 Å². The fourth-order valence-corrected chi connectivity index (χ4v) is 2.69. The zero-order valence-electron chi connectivity index (χ0n) is 10.8. The summed E-state index contributed by atoms with van der Waals surface area (Å²) in [5.41, 5.74) is 8.29. The summed E-state index contributed by atoms with van der Waals surface area (Å²) in [6.07, 6.45) is 0. The van der Waals surface area contributed by atoms with E-state index in [-0.39, 0.29) is 5.97 Å². The highest BCUT2D eigenvalue weighted by Gasteiger charge is 2.09. The van der Waals surface area contributed by atoms with Gasteiger partial charge < -0.3 is 10.5 Å². The monoisotopic (exact) mass is 273 g/mol. The summed E-state index contributed by atoms with van der Waals surface area (Å²) in [6.45, 7) is 2.04. The molecule has 0 spiro atoms. The Morgan fingerprint density at radius 1 is 1.21 bits per heavy atom. The molecule has 0 saturated carbocycles. The van der Waals surface area contributed by atoms with E-state index in [1.165, 1.54) is 24.4 Å². The first-order valence-electron chi connectivity index (χ1n) is 5.82. The predicted octanol–water partition coefficient (Wildman–Crippen LogP) is 3.52. The van der Waals surface area contributed by atoms with Crippen LogP contribution in [-0.2, 0) is 4.74 Å². The molecule has 19 heavy (non-hydrogen) atoms. The summed E-state index contributed by atoms with van der Waals surface area (Å²) in [7, 11) is 1.37. The zero-order valence-corrected chi connectivity index (χ0v) is 11.7. The van der Waals surface area contributed by atoms with E-state index in [1.807, 2.05) is 25.1 Å². The van der Waals surface area contributed by atoms with Gasteiger partial charge >= 0.3 is 5.97 Å². The number of benzene rings is 2. The number of aryl methyl sites for hydroxylation is 1. The van der Waals surface area contributed by atoms with Crippen molar-refractivity contribution in [2.24, 2.45) is 0 Å². The summed E-state index contributed by atoms with van der Waals surface area (Å²) < 4.78 is 4.71. The predicted molar refractivity (Wildman–Crippen MR) is 77.5 cm³/mol. The van der Waals surface area contributed by atoms with E-state index in [9.17, 15) is 4.79 Å². The summed E-state index contributed by atoms with van der Waals surface area (Å²) in [4.78, 5) is 13.5. The minimum Gasteiger partial charge on any atom is -0.465 e. The minimum absolute atomic E-state index is 0.355. The number of anilines is 1. The average molecular weight is 273 g/mol. The number of methoxy groups -OCH3 is 1. The van der Waals surface area contributed by atoms with Gasteiger partial charge in [-0.1, -0.05) is 29.5 Å². The van der Waals surface area contributed by atoms with Crippen LogP contribution in [0.2, 0.25) is 0 Å². The summed E-state index contributed by atoms with van der Waals surface area (Å²) >= 11 is 1.54. The lowest BCUT2D eigenvalue weighted by molar-refractivity contribution is 0.0600. The van der Waals surface area contributed by atoms with Crippen molar-refractivity contribution in [1.82, 2.24) is 0 Å². The zero-order chi connectivity index (χ0) is 13.8. The van der Waals surface area contributed by atoms with Crippen LogP contribution in [0.25, 0.3) is 0 Å². The van der Waals surface area contributed by atoms with Crippen molar-refractivity contribution in [2.45, 2.75) is 16.7 Å². The van der Waals surface area contributed by atoms with Gasteiger partial charge in [0.15, 0.2) is 0 Å². The Morgan fingerprint density at radius 3 is 2.68 bits per heavy atom. The number of carbonyl (C=O) groups is 1. The second kappa shape index (κ2) is 5.80. The third-order valence-electron chi connectivity index (χ3n) is 2.65. The lowest BCUT2D eigenvalue weighted by Gasteiger charge is -2.08. The minimum atomic E-state index is -0.355. The molecule has 0 aliphatic heterocycles. The maximum Gasteiger partial charge on any atom is 0.337 e. The molecule has 0 aromatic heterocycles. The van der Waals surface area contributed by atoms with Crippen molar-refractivity contribution < 1.29 is 9.53 Å². The number of esters is 1. The van der Waals surface area contributed by atoms with Crippen molar-refractivity contribution in [2.75, 3.05) is 12.8 Å². The van der Waals surface area contributed by atoms with Crippen LogP contribution in [0.15, 0.2) is 52.3 Å². The molecule has 0 bridgehead atoms. The van der Waals surface area contributed by atoms with Crippen LogP contribution >= 0.6 is 11.8 Å². The Kier molecular flexibility index (Phi) is 4.12. The number of nitrogens with two attached hydrogens (primary N) is 1. The largest absolute Gasteiger partial charge is 0.465 e. The number of hydrogen-bond acceptors (Lipinski definition) is 4. The molecular formula is C15H15NO2S. The van der Waals surface area contributed by atoms with E-state index in [2.05, 4.69) is 6.07 Å². The van der Waals surface area contributed by atoms with Gasteiger partial charge in [0, 0.05) is 15.5 Å². The first-order chi connectivity index (χ1) is 9.10. The fraction of sp³-hybridized carbons (Fsp3) is 0.133. The van der Waals surface area contributed by atoms with Crippen molar-refractivity contribution in [3.8, 4) is 0 Å². The summed E-state index contributed by atoms with van der Waals surface area (Å²) in [6, 6.07) is 13.3. The molecule has 0 amide bonds. The molecule has 0 atom stereocenters. The van der Waals surface area contributed by atoms with Crippen LogP contribution < -0.4 is 5.73 Å². The third kappa shape index (κ3) is 3.29. The molecule has 0 unspecified atom stereocenters. The first-order valence-corrected chi connectivity index (χ1v) is 6.64. The molecule has 0 radical (unpaired) electrons. The lowest BCUT2D eigenvalue weighted by Crippen LogP contribution is -2.02. The van der Waals surface area contributed by atoms with Crippen LogP contribution in [0.5, 0.6) is 0 Å². The van der Waals surface area contributed by atoms with Gasteiger partial charge in [-0.3, -0.25) is 0 Å². The molecule has 0 fully saturated rings. The summed E-state index contributed by atoms with van der Waals surface area (Å²) in [5.74, 6) is -0.355. The Balaban J connectivity index is 2.31. The highest BCUT2D eigenvalue weighted by Crippen LogP contribution is 2.33. The topological polar surface area (TPSA) is 52.3 Å². The molecule has 2 aromatic carbocycles. The highest BCUT2D eigenvalue weighted by atomic mass is 32.2. The van der Waals surface area contributed by atoms with E-state index in [0.29, 0.717) is 11.3 Å². The molecule has 3 nitrogen and oxygen atoms in total. The molecule has 2 N–H and O–H groups in total. The SMILES string of the molecule is COC(=O)c1ccc(N)c(Sc2cccc(C)c2)c1.